The molecular weight excluding hydrogens is 270 g/mol. The van der Waals surface area contributed by atoms with E-state index < -0.39 is 0 Å². The molecule has 1 fully saturated rings. The number of hydrogen-bond donors (Lipinski definition) is 1. The lowest BCUT2D eigenvalue weighted by Gasteiger charge is -2.10. The molecule has 0 bridgehead atoms. The maximum absolute atomic E-state index is 11.8. The Morgan fingerprint density at radius 2 is 2.48 bits per heavy atom. The van der Waals surface area contributed by atoms with Gasteiger partial charge in [-0.05, 0) is 30.5 Å². The number of fused-ring (bicyclic) bond motifs is 1. The van der Waals surface area contributed by atoms with Gasteiger partial charge in [-0.25, -0.2) is 4.52 Å². The standard InChI is InChI=1S/C15H19N3O3/c19-15(11-20-10-13-4-2-8-21-13)16-9-12-3-1-7-18-14(12)5-6-17-18/h1,3,5-7,13H,2,4,8-11H2,(H,16,19). The third kappa shape index (κ3) is 3.59. The van der Waals surface area contributed by atoms with Crippen LogP contribution >= 0.6 is 0 Å². The highest BCUT2D eigenvalue weighted by atomic mass is 16.5. The van der Waals surface area contributed by atoms with Crippen LogP contribution in [0.25, 0.3) is 5.52 Å². The fourth-order valence-electron chi connectivity index (χ4n) is 2.47. The van der Waals surface area contributed by atoms with E-state index in [9.17, 15) is 4.79 Å². The van der Waals surface area contributed by atoms with Crippen LogP contribution in [0.1, 0.15) is 18.4 Å². The van der Waals surface area contributed by atoms with Crippen molar-refractivity contribution in [3.05, 3.63) is 36.2 Å². The minimum atomic E-state index is -0.116. The molecule has 1 N–H and O–H groups in total. The number of aromatic nitrogens is 2. The average molecular weight is 289 g/mol. The highest BCUT2D eigenvalue weighted by molar-refractivity contribution is 5.77. The summed E-state index contributed by atoms with van der Waals surface area (Å²) in [6.45, 7) is 1.83. The smallest absolute Gasteiger partial charge is 0.246 e. The van der Waals surface area contributed by atoms with E-state index in [2.05, 4.69) is 10.4 Å². The Labute approximate surface area is 123 Å². The molecule has 3 rings (SSSR count). The van der Waals surface area contributed by atoms with Crippen LogP contribution in [0.5, 0.6) is 0 Å². The largest absolute Gasteiger partial charge is 0.376 e. The van der Waals surface area contributed by atoms with Gasteiger partial charge in [-0.15, -0.1) is 0 Å². The Bertz CT molecular complexity index is 605. The van der Waals surface area contributed by atoms with Crippen LogP contribution in [0.15, 0.2) is 30.6 Å². The Balaban J connectivity index is 1.44. The minimum absolute atomic E-state index is 0.0717. The number of hydrogen-bond acceptors (Lipinski definition) is 4. The Hall–Kier alpha value is -1.92. The Morgan fingerprint density at radius 3 is 3.33 bits per heavy atom. The molecule has 6 heteroatoms. The quantitative estimate of drug-likeness (QED) is 0.866. The molecule has 0 aromatic carbocycles. The lowest BCUT2D eigenvalue weighted by Crippen LogP contribution is -2.29. The van der Waals surface area contributed by atoms with Gasteiger partial charge in [-0.1, -0.05) is 6.07 Å². The predicted molar refractivity (Wildman–Crippen MR) is 76.8 cm³/mol. The fraction of sp³-hybridized carbons (Fsp3) is 0.467. The number of pyridine rings is 1. The van der Waals surface area contributed by atoms with Gasteiger partial charge in [0.2, 0.25) is 5.91 Å². The topological polar surface area (TPSA) is 64.9 Å². The summed E-state index contributed by atoms with van der Waals surface area (Å²) >= 11 is 0. The van der Waals surface area contributed by atoms with Gasteiger partial charge in [0, 0.05) is 25.5 Å². The molecule has 1 atom stereocenters. The van der Waals surface area contributed by atoms with Gasteiger partial charge in [0.15, 0.2) is 0 Å². The van der Waals surface area contributed by atoms with E-state index in [1.807, 2.05) is 24.4 Å². The first-order valence-corrected chi connectivity index (χ1v) is 7.20. The first-order chi connectivity index (χ1) is 10.3. The SMILES string of the molecule is O=C(COCC1CCCO1)NCc1cccn2nccc12. The summed E-state index contributed by atoms with van der Waals surface area (Å²) in [5, 5.41) is 7.03. The molecule has 3 heterocycles. The maximum atomic E-state index is 11.8. The van der Waals surface area contributed by atoms with E-state index >= 15 is 0 Å². The van der Waals surface area contributed by atoms with Gasteiger partial charge in [-0.3, -0.25) is 4.79 Å². The number of carbonyl (C=O) groups excluding carboxylic acids is 1. The molecular formula is C15H19N3O3. The van der Waals surface area contributed by atoms with Crippen LogP contribution < -0.4 is 5.32 Å². The molecule has 1 aliphatic rings. The molecule has 0 radical (unpaired) electrons. The average Bonchev–Trinajstić information content (AvgIpc) is 3.16. The normalized spacial score (nSPS) is 18.2. The van der Waals surface area contributed by atoms with E-state index in [4.69, 9.17) is 9.47 Å². The molecule has 0 spiro atoms. The predicted octanol–water partition coefficient (Wildman–Crippen LogP) is 1.15. The van der Waals surface area contributed by atoms with Crippen molar-refractivity contribution in [3.8, 4) is 0 Å². The number of nitrogens with one attached hydrogen (secondary N) is 1. The highest BCUT2D eigenvalue weighted by Gasteiger charge is 2.15. The Morgan fingerprint density at radius 1 is 1.52 bits per heavy atom. The number of amides is 1. The molecule has 1 unspecified atom stereocenters. The minimum Gasteiger partial charge on any atom is -0.376 e. The summed E-state index contributed by atoms with van der Waals surface area (Å²) in [4.78, 5) is 11.8. The molecule has 21 heavy (non-hydrogen) atoms. The second-order valence-corrected chi connectivity index (χ2v) is 5.12. The summed E-state index contributed by atoms with van der Waals surface area (Å²) in [6, 6.07) is 5.81. The van der Waals surface area contributed by atoms with Crippen LogP contribution in [0.2, 0.25) is 0 Å². The van der Waals surface area contributed by atoms with Crippen molar-refractivity contribution in [2.24, 2.45) is 0 Å². The van der Waals surface area contributed by atoms with Gasteiger partial charge < -0.3 is 14.8 Å². The third-order valence-corrected chi connectivity index (χ3v) is 3.56. The molecule has 1 saturated heterocycles. The van der Waals surface area contributed by atoms with Gasteiger partial charge in [0.1, 0.15) is 6.61 Å². The molecule has 1 amide bonds. The number of ether oxygens (including phenoxy) is 2. The van der Waals surface area contributed by atoms with E-state index in [0.29, 0.717) is 13.2 Å². The zero-order valence-electron chi connectivity index (χ0n) is 11.8. The van der Waals surface area contributed by atoms with Crippen molar-refractivity contribution in [1.82, 2.24) is 14.9 Å². The fourth-order valence-corrected chi connectivity index (χ4v) is 2.47. The zero-order valence-corrected chi connectivity index (χ0v) is 11.8. The zero-order chi connectivity index (χ0) is 14.5. The summed E-state index contributed by atoms with van der Waals surface area (Å²) in [5.41, 5.74) is 2.03. The van der Waals surface area contributed by atoms with Crippen LogP contribution in [-0.4, -0.2) is 41.4 Å². The van der Waals surface area contributed by atoms with Crippen molar-refractivity contribution >= 4 is 11.4 Å². The van der Waals surface area contributed by atoms with E-state index in [1.165, 1.54) is 0 Å². The van der Waals surface area contributed by atoms with Gasteiger partial charge in [0.25, 0.3) is 0 Å². The van der Waals surface area contributed by atoms with Gasteiger partial charge >= 0.3 is 0 Å². The van der Waals surface area contributed by atoms with Gasteiger partial charge in [0.05, 0.1) is 18.2 Å². The summed E-state index contributed by atoms with van der Waals surface area (Å²) in [7, 11) is 0. The summed E-state index contributed by atoms with van der Waals surface area (Å²) in [5.74, 6) is -0.116. The molecule has 6 nitrogen and oxygen atoms in total. The molecule has 2 aromatic heterocycles. The second-order valence-electron chi connectivity index (χ2n) is 5.12. The second kappa shape index (κ2) is 6.69. The van der Waals surface area contributed by atoms with E-state index in [0.717, 1.165) is 30.5 Å². The lowest BCUT2D eigenvalue weighted by atomic mass is 10.2. The lowest BCUT2D eigenvalue weighted by molar-refractivity contribution is -0.127. The van der Waals surface area contributed by atoms with Gasteiger partial charge in [-0.2, -0.15) is 5.10 Å². The van der Waals surface area contributed by atoms with Crippen LogP contribution in [0, 0.1) is 0 Å². The molecule has 1 aliphatic heterocycles. The summed E-state index contributed by atoms with van der Waals surface area (Å²) < 4.78 is 12.6. The van der Waals surface area contributed by atoms with Crippen LogP contribution in [0.4, 0.5) is 0 Å². The van der Waals surface area contributed by atoms with Crippen molar-refractivity contribution < 1.29 is 14.3 Å². The first-order valence-electron chi connectivity index (χ1n) is 7.20. The van der Waals surface area contributed by atoms with E-state index in [1.54, 1.807) is 10.7 Å². The molecule has 2 aromatic rings. The van der Waals surface area contributed by atoms with Crippen molar-refractivity contribution in [2.45, 2.75) is 25.5 Å². The summed E-state index contributed by atoms with van der Waals surface area (Å²) in [6.07, 6.45) is 5.87. The number of carbonyl (C=O) groups is 1. The van der Waals surface area contributed by atoms with E-state index in [-0.39, 0.29) is 18.6 Å². The molecule has 0 aliphatic carbocycles. The molecule has 0 saturated carbocycles. The van der Waals surface area contributed by atoms with Crippen LogP contribution in [-0.2, 0) is 20.8 Å². The highest BCUT2D eigenvalue weighted by Crippen LogP contribution is 2.12. The first kappa shape index (κ1) is 14.0. The van der Waals surface area contributed by atoms with Crippen molar-refractivity contribution in [2.75, 3.05) is 19.8 Å². The van der Waals surface area contributed by atoms with Crippen molar-refractivity contribution in [1.29, 1.82) is 0 Å². The third-order valence-electron chi connectivity index (χ3n) is 3.56. The van der Waals surface area contributed by atoms with Crippen LogP contribution in [0.3, 0.4) is 0 Å². The molecule has 112 valence electrons. The maximum Gasteiger partial charge on any atom is 0.246 e. The number of nitrogens with zero attached hydrogens (tertiary/aromatic N) is 2. The monoisotopic (exact) mass is 289 g/mol. The number of rotatable bonds is 6. The van der Waals surface area contributed by atoms with Crippen molar-refractivity contribution in [3.63, 3.8) is 0 Å². The Kier molecular flexibility index (Phi) is 4.47.